The fourth-order valence-electron chi connectivity index (χ4n) is 4.51. The average Bonchev–Trinajstić information content (AvgIpc) is 3.08. The molecule has 0 aliphatic carbocycles. The first-order valence-corrected chi connectivity index (χ1v) is 10.4. The van der Waals surface area contributed by atoms with Gasteiger partial charge in [-0.1, -0.05) is 30.3 Å². The summed E-state index contributed by atoms with van der Waals surface area (Å²) >= 11 is 0. The number of benzene rings is 1. The fourth-order valence-corrected chi connectivity index (χ4v) is 4.51. The van der Waals surface area contributed by atoms with Gasteiger partial charge in [0.2, 0.25) is 0 Å². The first-order valence-electron chi connectivity index (χ1n) is 10.4. The van der Waals surface area contributed by atoms with Crippen LogP contribution in [-0.2, 0) is 33.1 Å². The van der Waals surface area contributed by atoms with Gasteiger partial charge in [-0.3, -0.25) is 18.9 Å². The van der Waals surface area contributed by atoms with E-state index in [1.54, 1.807) is 6.20 Å². The Morgan fingerprint density at radius 3 is 2.63 bits per heavy atom. The maximum atomic E-state index is 13.6. The first kappa shape index (κ1) is 18.8. The molecule has 0 radical (unpaired) electrons. The quantitative estimate of drug-likeness (QED) is 0.529. The number of hydrogen-bond donors (Lipinski definition) is 0. The molecular weight excluding hydrogens is 374 g/mol. The van der Waals surface area contributed by atoms with Crippen molar-refractivity contribution >= 4 is 11.0 Å². The van der Waals surface area contributed by atoms with Gasteiger partial charge in [-0.15, -0.1) is 0 Å². The lowest BCUT2D eigenvalue weighted by Crippen LogP contribution is -2.37. The highest BCUT2D eigenvalue weighted by atomic mass is 16.1. The van der Waals surface area contributed by atoms with Gasteiger partial charge in [-0.2, -0.15) is 5.10 Å². The molecule has 0 saturated heterocycles. The third-order valence-electron chi connectivity index (χ3n) is 5.96. The molecule has 0 unspecified atom stereocenters. The Bertz CT molecular complexity index is 1270. The van der Waals surface area contributed by atoms with Crippen LogP contribution < -0.4 is 5.56 Å². The predicted octanol–water partition coefficient (Wildman–Crippen LogP) is 3.05. The summed E-state index contributed by atoms with van der Waals surface area (Å²) < 4.78 is 3.77. The summed E-state index contributed by atoms with van der Waals surface area (Å²) in [6.45, 7) is 4.90. The molecule has 1 aliphatic heterocycles. The van der Waals surface area contributed by atoms with E-state index in [0.717, 1.165) is 52.9 Å². The lowest BCUT2D eigenvalue weighted by Gasteiger charge is -2.29. The van der Waals surface area contributed by atoms with Crippen molar-refractivity contribution in [3.05, 3.63) is 93.2 Å². The van der Waals surface area contributed by atoms with Crippen LogP contribution in [0, 0.1) is 6.92 Å². The van der Waals surface area contributed by atoms with Crippen molar-refractivity contribution < 1.29 is 0 Å². The van der Waals surface area contributed by atoms with Crippen molar-refractivity contribution in [2.45, 2.75) is 33.0 Å². The zero-order chi connectivity index (χ0) is 20.7. The maximum Gasteiger partial charge on any atom is 0.257 e. The number of aromatic nitrogens is 4. The van der Waals surface area contributed by atoms with Gasteiger partial charge in [-0.25, -0.2) is 4.98 Å². The summed E-state index contributed by atoms with van der Waals surface area (Å²) in [7, 11) is 1.98. The maximum absolute atomic E-state index is 13.6. The van der Waals surface area contributed by atoms with Crippen LogP contribution in [0.2, 0.25) is 0 Å². The molecule has 1 aliphatic rings. The summed E-state index contributed by atoms with van der Waals surface area (Å²) in [5.41, 5.74) is 6.20. The van der Waals surface area contributed by atoms with Crippen LogP contribution in [0.1, 0.15) is 28.1 Å². The smallest absolute Gasteiger partial charge is 0.257 e. The van der Waals surface area contributed by atoms with E-state index >= 15 is 0 Å². The summed E-state index contributed by atoms with van der Waals surface area (Å²) in [6, 6.07) is 16.3. The molecule has 0 N–H and O–H groups in total. The third-order valence-corrected chi connectivity index (χ3v) is 5.96. The van der Waals surface area contributed by atoms with E-state index in [2.05, 4.69) is 39.2 Å². The highest BCUT2D eigenvalue weighted by Crippen LogP contribution is 2.25. The van der Waals surface area contributed by atoms with Crippen molar-refractivity contribution in [3.63, 3.8) is 0 Å². The Labute approximate surface area is 175 Å². The number of rotatable bonds is 4. The van der Waals surface area contributed by atoms with Crippen LogP contribution in [-0.4, -0.2) is 30.8 Å². The molecule has 0 amide bonds. The van der Waals surface area contributed by atoms with E-state index in [0.29, 0.717) is 13.1 Å². The molecule has 1 aromatic carbocycles. The number of nitrogens with zero attached hydrogens (tertiary/aromatic N) is 5. The summed E-state index contributed by atoms with van der Waals surface area (Å²) in [6.07, 6.45) is 2.63. The van der Waals surface area contributed by atoms with Gasteiger partial charge in [0.15, 0.2) is 0 Å². The number of fused-ring (bicyclic) bond motifs is 3. The zero-order valence-corrected chi connectivity index (χ0v) is 17.4. The molecule has 5 rings (SSSR count). The zero-order valence-electron chi connectivity index (χ0n) is 17.4. The Hall–Kier alpha value is -3.25. The standard InChI is InChI=1S/C24H25N5O/c1-17-13-19(27(2)26-17)15-28-12-10-20-21-9-6-11-25-23(21)29(24(30)22(20)16-28)14-18-7-4-3-5-8-18/h3-9,11,13H,10,12,14-16H2,1-2H3. The number of hydrogen-bond acceptors (Lipinski definition) is 4. The van der Waals surface area contributed by atoms with Gasteiger partial charge in [0.1, 0.15) is 5.65 Å². The number of pyridine rings is 2. The van der Waals surface area contributed by atoms with E-state index in [1.165, 1.54) is 5.69 Å². The Morgan fingerprint density at radius 2 is 1.87 bits per heavy atom. The predicted molar refractivity (Wildman–Crippen MR) is 117 cm³/mol. The van der Waals surface area contributed by atoms with E-state index in [-0.39, 0.29) is 5.56 Å². The minimum atomic E-state index is 0.0749. The van der Waals surface area contributed by atoms with E-state index < -0.39 is 0 Å². The van der Waals surface area contributed by atoms with E-state index in [1.807, 2.05) is 47.5 Å². The minimum Gasteiger partial charge on any atom is -0.293 e. The highest BCUT2D eigenvalue weighted by Gasteiger charge is 2.24. The monoisotopic (exact) mass is 399 g/mol. The van der Waals surface area contributed by atoms with Crippen LogP contribution >= 0.6 is 0 Å². The molecule has 0 atom stereocenters. The molecule has 4 aromatic rings. The topological polar surface area (TPSA) is 56.0 Å². The van der Waals surface area contributed by atoms with Gasteiger partial charge in [-0.05, 0) is 42.7 Å². The highest BCUT2D eigenvalue weighted by molar-refractivity contribution is 5.80. The Balaban J connectivity index is 1.56. The summed E-state index contributed by atoms with van der Waals surface area (Å²) in [5.74, 6) is 0. The summed E-state index contributed by atoms with van der Waals surface area (Å²) in [4.78, 5) is 20.5. The minimum absolute atomic E-state index is 0.0749. The lowest BCUT2D eigenvalue weighted by molar-refractivity contribution is 0.238. The third kappa shape index (κ3) is 3.33. The summed E-state index contributed by atoms with van der Waals surface area (Å²) in [5, 5.41) is 5.55. The Kier molecular flexibility index (Phi) is 4.71. The normalized spacial score (nSPS) is 14.2. The van der Waals surface area contributed by atoms with Crippen LogP contribution in [0.25, 0.3) is 11.0 Å². The number of aryl methyl sites for hydroxylation is 2. The molecule has 0 fully saturated rings. The fraction of sp³-hybridized carbons (Fsp3) is 0.292. The molecule has 3 aromatic heterocycles. The van der Waals surface area contributed by atoms with Gasteiger partial charge < -0.3 is 0 Å². The largest absolute Gasteiger partial charge is 0.293 e. The second-order valence-electron chi connectivity index (χ2n) is 8.07. The molecular formula is C24H25N5O. The van der Waals surface area contributed by atoms with E-state index in [9.17, 15) is 4.79 Å². The molecule has 30 heavy (non-hydrogen) atoms. The molecule has 6 heteroatoms. The van der Waals surface area contributed by atoms with Crippen molar-refractivity contribution in [2.24, 2.45) is 7.05 Å². The van der Waals surface area contributed by atoms with E-state index in [4.69, 9.17) is 0 Å². The van der Waals surface area contributed by atoms with Gasteiger partial charge in [0.25, 0.3) is 5.56 Å². The average molecular weight is 399 g/mol. The van der Waals surface area contributed by atoms with Crippen molar-refractivity contribution in [1.82, 2.24) is 24.2 Å². The van der Waals surface area contributed by atoms with Crippen LogP contribution in [0.5, 0.6) is 0 Å². The molecule has 0 saturated carbocycles. The van der Waals surface area contributed by atoms with Gasteiger partial charge in [0, 0.05) is 43.8 Å². The second-order valence-corrected chi connectivity index (χ2v) is 8.07. The molecule has 152 valence electrons. The molecule has 0 bridgehead atoms. The van der Waals surface area contributed by atoms with Crippen LogP contribution in [0.4, 0.5) is 0 Å². The van der Waals surface area contributed by atoms with Crippen molar-refractivity contribution in [2.75, 3.05) is 6.54 Å². The van der Waals surface area contributed by atoms with Gasteiger partial charge >= 0.3 is 0 Å². The van der Waals surface area contributed by atoms with Crippen molar-refractivity contribution in [1.29, 1.82) is 0 Å². The molecule has 4 heterocycles. The first-order chi connectivity index (χ1) is 14.6. The molecule has 6 nitrogen and oxygen atoms in total. The van der Waals surface area contributed by atoms with Crippen LogP contribution in [0.3, 0.4) is 0 Å². The second kappa shape index (κ2) is 7.54. The lowest BCUT2D eigenvalue weighted by atomic mass is 9.97. The van der Waals surface area contributed by atoms with Crippen molar-refractivity contribution in [3.8, 4) is 0 Å². The van der Waals surface area contributed by atoms with Gasteiger partial charge in [0.05, 0.1) is 17.9 Å². The van der Waals surface area contributed by atoms with Crippen LogP contribution in [0.15, 0.2) is 59.5 Å². The SMILES string of the molecule is Cc1cc(CN2CCc3c(c(=O)n(Cc4ccccc4)c4ncccc34)C2)n(C)n1. The molecule has 0 spiro atoms. The Morgan fingerprint density at radius 1 is 1.03 bits per heavy atom.